The first-order chi connectivity index (χ1) is 9.42. The van der Waals surface area contributed by atoms with Gasteiger partial charge >= 0.3 is 6.18 Å². The van der Waals surface area contributed by atoms with Crippen LogP contribution >= 0.6 is 0 Å². The van der Waals surface area contributed by atoms with Crippen LogP contribution in [-0.4, -0.2) is 12.1 Å². The fourth-order valence-corrected chi connectivity index (χ4v) is 2.61. The molecule has 1 saturated carbocycles. The van der Waals surface area contributed by atoms with Crippen molar-refractivity contribution >= 4 is 11.6 Å². The van der Waals surface area contributed by atoms with E-state index < -0.39 is 23.9 Å². The number of fused-ring (bicyclic) bond motifs is 1. The van der Waals surface area contributed by atoms with Gasteiger partial charge in [0.25, 0.3) is 0 Å². The molecule has 106 valence electrons. The van der Waals surface area contributed by atoms with E-state index in [0.717, 1.165) is 12.8 Å². The largest absolute Gasteiger partial charge is 0.402 e. The van der Waals surface area contributed by atoms with Crippen LogP contribution in [0.4, 0.5) is 18.9 Å². The second-order valence-electron chi connectivity index (χ2n) is 5.44. The van der Waals surface area contributed by atoms with Gasteiger partial charge in [-0.15, -0.1) is 0 Å². The van der Waals surface area contributed by atoms with Crippen molar-refractivity contribution in [1.82, 2.24) is 0 Å². The second-order valence-corrected chi connectivity index (χ2v) is 5.44. The maximum absolute atomic E-state index is 13.7. The Bertz CT molecular complexity index is 575. The summed E-state index contributed by atoms with van der Waals surface area (Å²) in [5.41, 5.74) is -1.82. The zero-order valence-corrected chi connectivity index (χ0v) is 10.7. The first-order valence-electron chi connectivity index (χ1n) is 6.58. The third-order valence-corrected chi connectivity index (χ3v) is 3.90. The molecule has 0 bridgehead atoms. The van der Waals surface area contributed by atoms with Crippen LogP contribution in [0.3, 0.4) is 0 Å². The number of anilines is 1. The molecule has 5 heteroatoms. The molecule has 1 aliphatic carbocycles. The molecule has 0 spiro atoms. The summed E-state index contributed by atoms with van der Waals surface area (Å²) in [7, 11) is 0. The molecule has 1 amide bonds. The fourth-order valence-electron chi connectivity index (χ4n) is 2.61. The van der Waals surface area contributed by atoms with Gasteiger partial charge in [-0.3, -0.25) is 4.79 Å². The number of carbonyl (C=O) groups is 1. The highest BCUT2D eigenvalue weighted by molar-refractivity contribution is 5.96. The van der Waals surface area contributed by atoms with E-state index in [0.29, 0.717) is 0 Å². The molecule has 1 fully saturated rings. The Labute approximate surface area is 114 Å². The average molecular weight is 281 g/mol. The van der Waals surface area contributed by atoms with Gasteiger partial charge in [-0.1, -0.05) is 30.4 Å². The lowest BCUT2D eigenvalue weighted by Gasteiger charge is -2.37. The van der Waals surface area contributed by atoms with Crippen LogP contribution in [0.2, 0.25) is 0 Å². The van der Waals surface area contributed by atoms with Gasteiger partial charge in [0, 0.05) is 12.1 Å². The number of amides is 1. The van der Waals surface area contributed by atoms with Crippen LogP contribution in [0.15, 0.2) is 36.4 Å². The minimum Gasteiger partial charge on any atom is -0.326 e. The van der Waals surface area contributed by atoms with Crippen molar-refractivity contribution in [2.45, 2.75) is 30.9 Å². The summed E-state index contributed by atoms with van der Waals surface area (Å²) in [6.07, 6.45) is -0.412. The molecular formula is C15H14F3NO. The molecule has 1 N–H and O–H groups in total. The van der Waals surface area contributed by atoms with Gasteiger partial charge in [0.1, 0.15) is 5.41 Å². The van der Waals surface area contributed by atoms with Crippen molar-refractivity contribution < 1.29 is 18.0 Å². The standard InChI is InChI=1S/C15H14F3NO/c16-15(17,18)14(8-7-10-5-6-10)9-13(20)19-12-4-2-1-3-11(12)14/h1-4,7-8,10H,5-6,9H2,(H,19,20)/b8-7+. The Morgan fingerprint density at radius 3 is 2.60 bits per heavy atom. The molecule has 0 aromatic heterocycles. The van der Waals surface area contributed by atoms with E-state index in [4.69, 9.17) is 0 Å². The predicted molar refractivity (Wildman–Crippen MR) is 69.3 cm³/mol. The number of halogens is 3. The monoisotopic (exact) mass is 281 g/mol. The van der Waals surface area contributed by atoms with Gasteiger partial charge in [0.15, 0.2) is 0 Å². The van der Waals surface area contributed by atoms with Crippen LogP contribution in [0.1, 0.15) is 24.8 Å². The number of carbonyl (C=O) groups excluding carboxylic acids is 1. The summed E-state index contributed by atoms with van der Waals surface area (Å²) in [6.45, 7) is 0. The van der Waals surface area contributed by atoms with Gasteiger partial charge in [-0.2, -0.15) is 13.2 Å². The van der Waals surface area contributed by atoms with Crippen LogP contribution in [0.5, 0.6) is 0 Å². The van der Waals surface area contributed by atoms with Crippen molar-refractivity contribution in [3.8, 4) is 0 Å². The number of nitrogens with one attached hydrogen (secondary N) is 1. The molecule has 1 atom stereocenters. The summed E-state index contributed by atoms with van der Waals surface area (Å²) in [5, 5.41) is 2.52. The van der Waals surface area contributed by atoms with Gasteiger partial charge < -0.3 is 5.32 Å². The highest BCUT2D eigenvalue weighted by Crippen LogP contribution is 2.50. The Morgan fingerprint density at radius 1 is 1.25 bits per heavy atom. The van der Waals surface area contributed by atoms with Gasteiger partial charge in [0.05, 0.1) is 0 Å². The lowest BCUT2D eigenvalue weighted by molar-refractivity contribution is -0.180. The molecular weight excluding hydrogens is 267 g/mol. The molecule has 2 nitrogen and oxygen atoms in total. The Kier molecular flexibility index (Phi) is 2.88. The van der Waals surface area contributed by atoms with E-state index in [1.165, 1.54) is 18.2 Å². The summed E-state index contributed by atoms with van der Waals surface area (Å²) in [6, 6.07) is 6.15. The summed E-state index contributed by atoms with van der Waals surface area (Å²) < 4.78 is 41.1. The topological polar surface area (TPSA) is 29.1 Å². The van der Waals surface area contributed by atoms with Crippen molar-refractivity contribution in [3.63, 3.8) is 0 Å². The third-order valence-electron chi connectivity index (χ3n) is 3.90. The van der Waals surface area contributed by atoms with Gasteiger partial charge in [-0.25, -0.2) is 0 Å². The first kappa shape index (κ1) is 13.2. The molecule has 2 aliphatic rings. The van der Waals surface area contributed by atoms with Gasteiger partial charge in [-0.05, 0) is 30.4 Å². The number of benzene rings is 1. The van der Waals surface area contributed by atoms with Crippen molar-refractivity contribution in [1.29, 1.82) is 0 Å². The fraction of sp³-hybridized carbons (Fsp3) is 0.400. The van der Waals surface area contributed by atoms with Crippen LogP contribution in [-0.2, 0) is 10.2 Å². The Balaban J connectivity index is 2.15. The van der Waals surface area contributed by atoms with Crippen molar-refractivity contribution in [3.05, 3.63) is 42.0 Å². The molecule has 1 heterocycles. The van der Waals surface area contributed by atoms with Crippen LogP contribution < -0.4 is 5.32 Å². The number of allylic oxidation sites excluding steroid dienone is 2. The minimum atomic E-state index is -4.49. The lowest BCUT2D eigenvalue weighted by atomic mass is 9.73. The van der Waals surface area contributed by atoms with E-state index in [1.54, 1.807) is 18.2 Å². The van der Waals surface area contributed by atoms with Crippen molar-refractivity contribution in [2.75, 3.05) is 5.32 Å². The number of hydrogen-bond acceptors (Lipinski definition) is 1. The smallest absolute Gasteiger partial charge is 0.326 e. The summed E-state index contributed by atoms with van der Waals surface area (Å²) >= 11 is 0. The molecule has 1 unspecified atom stereocenters. The zero-order chi connectivity index (χ0) is 14.4. The van der Waals surface area contributed by atoms with Crippen LogP contribution in [0, 0.1) is 5.92 Å². The zero-order valence-electron chi connectivity index (χ0n) is 10.7. The molecule has 1 aromatic carbocycles. The summed E-state index contributed by atoms with van der Waals surface area (Å²) in [4.78, 5) is 11.7. The highest BCUT2D eigenvalue weighted by atomic mass is 19.4. The lowest BCUT2D eigenvalue weighted by Crippen LogP contribution is -2.47. The molecule has 1 aromatic rings. The average Bonchev–Trinajstić information content (AvgIpc) is 3.18. The Morgan fingerprint density at radius 2 is 1.95 bits per heavy atom. The predicted octanol–water partition coefficient (Wildman–Crippen LogP) is 3.80. The molecule has 20 heavy (non-hydrogen) atoms. The third kappa shape index (κ3) is 2.11. The molecule has 0 radical (unpaired) electrons. The quantitative estimate of drug-likeness (QED) is 0.821. The van der Waals surface area contributed by atoms with Crippen molar-refractivity contribution in [2.24, 2.45) is 5.92 Å². The highest BCUT2D eigenvalue weighted by Gasteiger charge is 2.57. The first-order valence-corrected chi connectivity index (χ1v) is 6.58. The molecule has 3 rings (SSSR count). The van der Waals surface area contributed by atoms with Crippen LogP contribution in [0.25, 0.3) is 0 Å². The minimum absolute atomic E-state index is 0.129. The number of para-hydroxylation sites is 1. The summed E-state index contributed by atoms with van der Waals surface area (Å²) in [5.74, 6) is -0.368. The second kappa shape index (κ2) is 4.36. The number of rotatable bonds is 2. The maximum atomic E-state index is 13.7. The number of alkyl halides is 3. The Hall–Kier alpha value is -1.78. The van der Waals surface area contributed by atoms with E-state index >= 15 is 0 Å². The number of hydrogen-bond donors (Lipinski definition) is 1. The molecule has 1 aliphatic heterocycles. The van der Waals surface area contributed by atoms with E-state index in [2.05, 4.69) is 5.32 Å². The van der Waals surface area contributed by atoms with E-state index in [9.17, 15) is 18.0 Å². The molecule has 0 saturated heterocycles. The normalized spacial score (nSPS) is 26.4. The van der Waals surface area contributed by atoms with E-state index in [-0.39, 0.29) is 17.2 Å². The van der Waals surface area contributed by atoms with E-state index in [1.807, 2.05) is 0 Å². The SMILES string of the molecule is O=C1CC(/C=C/C2CC2)(C(F)(F)F)c2ccccc2N1. The maximum Gasteiger partial charge on any atom is 0.402 e. The van der Waals surface area contributed by atoms with Gasteiger partial charge in [0.2, 0.25) is 5.91 Å².